The Morgan fingerprint density at radius 3 is 2.64 bits per heavy atom. The minimum atomic E-state index is -0.684. The van der Waals surface area contributed by atoms with Gasteiger partial charge < -0.3 is 19.8 Å². The van der Waals surface area contributed by atoms with Crippen molar-refractivity contribution in [2.75, 3.05) is 26.4 Å². The van der Waals surface area contributed by atoms with Gasteiger partial charge >= 0.3 is 0 Å². The maximum Gasteiger partial charge on any atom is 0.254 e. The summed E-state index contributed by atoms with van der Waals surface area (Å²) < 4.78 is 5.29. The Kier molecular flexibility index (Phi) is 5.56. The highest BCUT2D eigenvalue weighted by Crippen LogP contribution is 2.16. The molecule has 22 heavy (non-hydrogen) atoms. The topological polar surface area (TPSA) is 70.0 Å². The van der Waals surface area contributed by atoms with Crippen LogP contribution in [0.15, 0.2) is 24.3 Å². The first-order valence-electron chi connectivity index (χ1n) is 7.71. The van der Waals surface area contributed by atoms with Gasteiger partial charge in [0.1, 0.15) is 0 Å². The van der Waals surface area contributed by atoms with Crippen LogP contribution in [-0.4, -0.2) is 59.0 Å². The summed E-state index contributed by atoms with van der Waals surface area (Å²) in [6.45, 7) is 4.88. The van der Waals surface area contributed by atoms with Crippen molar-refractivity contribution in [3.8, 4) is 0 Å². The first-order valence-corrected chi connectivity index (χ1v) is 7.71. The number of aliphatic hydroxyl groups is 2. The molecule has 0 radical (unpaired) electrons. The fourth-order valence-electron chi connectivity index (χ4n) is 2.50. The van der Waals surface area contributed by atoms with Gasteiger partial charge in [0.05, 0.1) is 31.5 Å². The molecule has 1 aromatic carbocycles. The second-order valence-electron chi connectivity index (χ2n) is 6.42. The van der Waals surface area contributed by atoms with Crippen LogP contribution in [-0.2, 0) is 11.2 Å². The van der Waals surface area contributed by atoms with Crippen molar-refractivity contribution in [2.45, 2.75) is 38.3 Å². The van der Waals surface area contributed by atoms with Crippen molar-refractivity contribution in [2.24, 2.45) is 0 Å². The van der Waals surface area contributed by atoms with Gasteiger partial charge in [-0.3, -0.25) is 4.79 Å². The lowest BCUT2D eigenvalue weighted by Crippen LogP contribution is -2.50. The van der Waals surface area contributed by atoms with E-state index in [0.717, 1.165) is 12.0 Å². The van der Waals surface area contributed by atoms with Crippen LogP contribution < -0.4 is 0 Å². The second kappa shape index (κ2) is 7.22. The zero-order chi connectivity index (χ0) is 16.2. The molecule has 1 fully saturated rings. The molecule has 1 aliphatic heterocycles. The monoisotopic (exact) mass is 307 g/mol. The normalized spacial score (nSPS) is 19.3. The molecule has 0 aromatic heterocycles. The van der Waals surface area contributed by atoms with Crippen molar-refractivity contribution in [1.82, 2.24) is 4.90 Å². The Hall–Kier alpha value is -1.43. The third kappa shape index (κ3) is 4.53. The number of ether oxygens (including phenoxy) is 1. The number of nitrogens with zero attached hydrogens (tertiary/aromatic N) is 1. The highest BCUT2D eigenvalue weighted by Gasteiger charge is 2.27. The van der Waals surface area contributed by atoms with Gasteiger partial charge in [0.25, 0.3) is 5.91 Å². The molecule has 5 heteroatoms. The van der Waals surface area contributed by atoms with Crippen molar-refractivity contribution in [3.63, 3.8) is 0 Å². The number of aryl methyl sites for hydroxylation is 1. The summed E-state index contributed by atoms with van der Waals surface area (Å²) in [7, 11) is 0. The zero-order valence-corrected chi connectivity index (χ0v) is 13.3. The Balaban J connectivity index is 2.01. The van der Waals surface area contributed by atoms with Gasteiger partial charge in [0.2, 0.25) is 0 Å². The summed E-state index contributed by atoms with van der Waals surface area (Å²) in [6.07, 6.45) is 1.45. The van der Waals surface area contributed by atoms with Gasteiger partial charge in [-0.1, -0.05) is 12.1 Å². The van der Waals surface area contributed by atoms with E-state index in [4.69, 9.17) is 4.74 Å². The summed E-state index contributed by atoms with van der Waals surface area (Å²) in [5, 5.41) is 19.1. The smallest absolute Gasteiger partial charge is 0.254 e. The number of aliphatic hydroxyl groups excluding tert-OH is 1. The molecule has 2 rings (SSSR count). The van der Waals surface area contributed by atoms with E-state index < -0.39 is 5.60 Å². The minimum Gasteiger partial charge on any atom is -0.394 e. The SMILES string of the molecule is CC(C)(O)CCc1ccc(C(=O)N2CCOC[C@@H]2CO)cc1. The summed E-state index contributed by atoms with van der Waals surface area (Å²) in [6, 6.07) is 7.20. The van der Waals surface area contributed by atoms with Crippen LogP contribution in [0.5, 0.6) is 0 Å². The average Bonchev–Trinajstić information content (AvgIpc) is 2.52. The predicted octanol–water partition coefficient (Wildman–Crippen LogP) is 1.22. The highest BCUT2D eigenvalue weighted by molar-refractivity contribution is 5.94. The van der Waals surface area contributed by atoms with Gasteiger partial charge in [-0.2, -0.15) is 0 Å². The van der Waals surface area contributed by atoms with Crippen LogP contribution in [0.25, 0.3) is 0 Å². The fourth-order valence-corrected chi connectivity index (χ4v) is 2.50. The number of hydrogen-bond donors (Lipinski definition) is 2. The highest BCUT2D eigenvalue weighted by atomic mass is 16.5. The maximum atomic E-state index is 12.5. The van der Waals surface area contributed by atoms with E-state index in [0.29, 0.717) is 31.7 Å². The second-order valence-corrected chi connectivity index (χ2v) is 6.42. The molecule has 1 heterocycles. The van der Waals surface area contributed by atoms with Gasteiger partial charge in [0, 0.05) is 12.1 Å². The van der Waals surface area contributed by atoms with E-state index in [9.17, 15) is 15.0 Å². The summed E-state index contributed by atoms with van der Waals surface area (Å²) in [5.74, 6) is -0.0728. The first kappa shape index (κ1) is 16.9. The Bertz CT molecular complexity index is 492. The number of hydrogen-bond acceptors (Lipinski definition) is 4. The van der Waals surface area contributed by atoms with Gasteiger partial charge in [-0.15, -0.1) is 0 Å². The lowest BCUT2D eigenvalue weighted by atomic mass is 9.98. The third-order valence-electron chi connectivity index (χ3n) is 3.93. The van der Waals surface area contributed by atoms with E-state index in [-0.39, 0.29) is 18.6 Å². The number of benzene rings is 1. The molecule has 0 saturated carbocycles. The molecule has 122 valence electrons. The molecule has 0 aliphatic carbocycles. The van der Waals surface area contributed by atoms with Crippen molar-refractivity contribution in [1.29, 1.82) is 0 Å². The van der Waals surface area contributed by atoms with Crippen LogP contribution in [0.3, 0.4) is 0 Å². The average molecular weight is 307 g/mol. The van der Waals surface area contributed by atoms with Crippen LogP contribution >= 0.6 is 0 Å². The number of carbonyl (C=O) groups excluding carboxylic acids is 1. The fraction of sp³-hybridized carbons (Fsp3) is 0.588. The quantitative estimate of drug-likeness (QED) is 0.858. The molecule has 2 N–H and O–H groups in total. The predicted molar refractivity (Wildman–Crippen MR) is 83.8 cm³/mol. The van der Waals surface area contributed by atoms with Gasteiger partial charge in [-0.05, 0) is 44.4 Å². The summed E-state index contributed by atoms with van der Waals surface area (Å²) >= 11 is 0. The standard InChI is InChI=1S/C17H25NO4/c1-17(2,21)8-7-13-3-5-14(6-4-13)16(20)18-9-10-22-12-15(18)11-19/h3-6,15,19,21H,7-12H2,1-2H3/t15-/m0/s1. The molecule has 1 aliphatic rings. The van der Waals surface area contributed by atoms with Crippen molar-refractivity contribution in [3.05, 3.63) is 35.4 Å². The Morgan fingerprint density at radius 1 is 1.36 bits per heavy atom. The first-order chi connectivity index (χ1) is 10.4. The molecule has 1 saturated heterocycles. The largest absolute Gasteiger partial charge is 0.394 e. The van der Waals surface area contributed by atoms with Crippen LogP contribution in [0.4, 0.5) is 0 Å². The van der Waals surface area contributed by atoms with E-state index in [1.54, 1.807) is 18.7 Å². The molecule has 0 spiro atoms. The van der Waals surface area contributed by atoms with Crippen molar-refractivity contribution < 1.29 is 19.7 Å². The van der Waals surface area contributed by atoms with Crippen LogP contribution in [0.1, 0.15) is 36.2 Å². The molecule has 0 unspecified atom stereocenters. The molecule has 1 atom stereocenters. The maximum absolute atomic E-state index is 12.5. The number of carbonyl (C=O) groups is 1. The van der Waals surface area contributed by atoms with E-state index in [2.05, 4.69) is 0 Å². The molecule has 1 aromatic rings. The minimum absolute atomic E-state index is 0.0728. The van der Waals surface area contributed by atoms with Crippen LogP contribution in [0.2, 0.25) is 0 Å². The lowest BCUT2D eigenvalue weighted by molar-refractivity contribution is -0.0183. The molecular weight excluding hydrogens is 282 g/mol. The molecule has 5 nitrogen and oxygen atoms in total. The number of amides is 1. The Labute approximate surface area is 131 Å². The lowest BCUT2D eigenvalue weighted by Gasteiger charge is -2.34. The Morgan fingerprint density at radius 2 is 2.05 bits per heavy atom. The number of rotatable bonds is 5. The summed E-state index contributed by atoms with van der Waals surface area (Å²) in [5.41, 5.74) is 1.03. The number of morpholine rings is 1. The van der Waals surface area contributed by atoms with Crippen molar-refractivity contribution >= 4 is 5.91 Å². The van der Waals surface area contributed by atoms with Gasteiger partial charge in [0.15, 0.2) is 0 Å². The van der Waals surface area contributed by atoms with E-state index in [1.807, 2.05) is 24.3 Å². The zero-order valence-electron chi connectivity index (χ0n) is 13.3. The summed E-state index contributed by atoms with van der Waals surface area (Å²) in [4.78, 5) is 14.2. The van der Waals surface area contributed by atoms with Gasteiger partial charge in [-0.25, -0.2) is 0 Å². The molecule has 1 amide bonds. The molecular formula is C17H25NO4. The van der Waals surface area contributed by atoms with E-state index >= 15 is 0 Å². The van der Waals surface area contributed by atoms with Crippen LogP contribution in [0, 0.1) is 0 Å². The van der Waals surface area contributed by atoms with E-state index in [1.165, 1.54) is 0 Å². The molecule has 0 bridgehead atoms. The third-order valence-corrected chi connectivity index (χ3v) is 3.93.